The SMILES string of the molecule is Cc1ccc(N2C(=O)/C(=C\c3ccc(C(C)C)cc3)N=C2SCc2cccc(S(=O)(=O)N(C)C)c2)cc1. The molecule has 1 heterocycles. The van der Waals surface area contributed by atoms with E-state index in [1.165, 1.54) is 35.7 Å². The average molecular weight is 534 g/mol. The molecule has 37 heavy (non-hydrogen) atoms. The van der Waals surface area contributed by atoms with Crippen LogP contribution in [0.5, 0.6) is 0 Å². The molecule has 1 aliphatic heterocycles. The standard InChI is InChI=1S/C29H31N3O3S2/c1-20(2)24-13-11-22(12-14-24)18-27-28(33)32(25-15-9-21(3)10-16-25)29(30-27)36-19-23-7-6-8-26(17-23)37(34,35)31(4)5/h6-18,20H,19H2,1-5H3/b27-18+. The Kier molecular flexibility index (Phi) is 8.02. The molecule has 1 amide bonds. The lowest BCUT2D eigenvalue weighted by Gasteiger charge is -2.18. The summed E-state index contributed by atoms with van der Waals surface area (Å²) in [7, 11) is -0.509. The quantitative estimate of drug-likeness (QED) is 0.347. The lowest BCUT2D eigenvalue weighted by atomic mass is 10.0. The molecule has 0 atom stereocenters. The van der Waals surface area contributed by atoms with Crippen molar-refractivity contribution in [2.24, 2.45) is 4.99 Å². The van der Waals surface area contributed by atoms with Crippen molar-refractivity contribution in [1.29, 1.82) is 0 Å². The Morgan fingerprint density at radius 1 is 1.00 bits per heavy atom. The summed E-state index contributed by atoms with van der Waals surface area (Å²) in [6.45, 7) is 6.29. The van der Waals surface area contributed by atoms with Crippen LogP contribution in [0.25, 0.3) is 6.08 Å². The van der Waals surface area contributed by atoms with Gasteiger partial charge in [-0.2, -0.15) is 0 Å². The summed E-state index contributed by atoms with van der Waals surface area (Å²) in [5.74, 6) is 0.698. The fourth-order valence-electron chi connectivity index (χ4n) is 3.80. The van der Waals surface area contributed by atoms with E-state index in [1.807, 2.05) is 55.5 Å². The predicted octanol–water partition coefficient (Wildman–Crippen LogP) is 6.05. The third-order valence-corrected chi connectivity index (χ3v) is 8.89. The first-order valence-corrected chi connectivity index (χ1v) is 14.4. The minimum absolute atomic E-state index is 0.191. The van der Waals surface area contributed by atoms with E-state index >= 15 is 0 Å². The van der Waals surface area contributed by atoms with E-state index in [-0.39, 0.29) is 10.8 Å². The highest BCUT2D eigenvalue weighted by Gasteiger charge is 2.32. The van der Waals surface area contributed by atoms with Crippen molar-refractivity contribution in [2.75, 3.05) is 19.0 Å². The number of aryl methyl sites for hydroxylation is 1. The zero-order chi connectivity index (χ0) is 26.7. The number of rotatable bonds is 7. The van der Waals surface area contributed by atoms with Crippen LogP contribution in [0.15, 0.2) is 88.4 Å². The van der Waals surface area contributed by atoms with Gasteiger partial charge in [0.15, 0.2) is 5.17 Å². The van der Waals surface area contributed by atoms with Gasteiger partial charge in [0.05, 0.1) is 10.6 Å². The van der Waals surface area contributed by atoms with E-state index in [1.54, 1.807) is 23.1 Å². The number of sulfonamides is 1. The Hall–Kier alpha value is -3.20. The second-order valence-electron chi connectivity index (χ2n) is 9.44. The van der Waals surface area contributed by atoms with Gasteiger partial charge in [-0.25, -0.2) is 17.7 Å². The molecule has 0 saturated carbocycles. The molecule has 192 valence electrons. The van der Waals surface area contributed by atoms with Crippen molar-refractivity contribution in [2.45, 2.75) is 37.3 Å². The Labute approximate surface area is 223 Å². The van der Waals surface area contributed by atoms with Gasteiger partial charge in [0.25, 0.3) is 5.91 Å². The second-order valence-corrected chi connectivity index (χ2v) is 12.5. The second kappa shape index (κ2) is 11.0. The van der Waals surface area contributed by atoms with E-state index < -0.39 is 10.0 Å². The fraction of sp³-hybridized carbons (Fsp3) is 0.241. The van der Waals surface area contributed by atoms with Crippen LogP contribution in [-0.2, 0) is 20.6 Å². The van der Waals surface area contributed by atoms with Gasteiger partial charge >= 0.3 is 0 Å². The van der Waals surface area contributed by atoms with E-state index in [0.29, 0.717) is 22.5 Å². The number of carbonyl (C=O) groups excluding carboxylic acids is 1. The molecule has 0 saturated heterocycles. The zero-order valence-corrected chi connectivity index (χ0v) is 23.3. The minimum Gasteiger partial charge on any atom is -0.266 e. The lowest BCUT2D eigenvalue weighted by Crippen LogP contribution is -2.30. The topological polar surface area (TPSA) is 70.0 Å². The highest BCUT2D eigenvalue weighted by atomic mass is 32.2. The highest BCUT2D eigenvalue weighted by Crippen LogP contribution is 2.31. The van der Waals surface area contributed by atoms with E-state index in [4.69, 9.17) is 4.99 Å². The van der Waals surface area contributed by atoms with Gasteiger partial charge in [0, 0.05) is 19.8 Å². The highest BCUT2D eigenvalue weighted by molar-refractivity contribution is 8.13. The summed E-state index contributed by atoms with van der Waals surface area (Å²) in [5.41, 5.74) is 5.18. The normalized spacial score (nSPS) is 15.2. The number of amides is 1. The summed E-state index contributed by atoms with van der Waals surface area (Å²) in [6.07, 6.45) is 1.81. The molecule has 1 aliphatic rings. The Morgan fingerprint density at radius 2 is 1.68 bits per heavy atom. The number of thioether (sulfide) groups is 1. The van der Waals surface area contributed by atoms with Gasteiger partial charge in [0.1, 0.15) is 5.70 Å². The molecular weight excluding hydrogens is 502 g/mol. The Morgan fingerprint density at radius 3 is 2.30 bits per heavy atom. The van der Waals surface area contributed by atoms with Crippen LogP contribution in [0.1, 0.15) is 42.0 Å². The molecule has 8 heteroatoms. The molecule has 0 spiro atoms. The molecular formula is C29H31N3O3S2. The van der Waals surface area contributed by atoms with Crippen molar-refractivity contribution in [3.63, 3.8) is 0 Å². The number of amidine groups is 1. The molecule has 0 N–H and O–H groups in total. The predicted molar refractivity (Wildman–Crippen MR) is 153 cm³/mol. The summed E-state index contributed by atoms with van der Waals surface area (Å²) in [4.78, 5) is 20.1. The van der Waals surface area contributed by atoms with Crippen molar-refractivity contribution < 1.29 is 13.2 Å². The Balaban J connectivity index is 1.64. The van der Waals surface area contributed by atoms with Crippen molar-refractivity contribution >= 4 is 44.6 Å². The maximum Gasteiger partial charge on any atom is 0.283 e. The zero-order valence-electron chi connectivity index (χ0n) is 21.7. The van der Waals surface area contributed by atoms with Gasteiger partial charge in [-0.15, -0.1) is 0 Å². The van der Waals surface area contributed by atoms with Crippen LogP contribution in [0, 0.1) is 6.92 Å². The first-order chi connectivity index (χ1) is 17.6. The molecule has 0 aromatic heterocycles. The van der Waals surface area contributed by atoms with Crippen molar-refractivity contribution in [3.8, 4) is 0 Å². The third-order valence-electron chi connectivity index (χ3n) is 6.07. The number of nitrogens with zero attached hydrogens (tertiary/aromatic N) is 3. The number of hydrogen-bond donors (Lipinski definition) is 0. The van der Waals surface area contributed by atoms with Gasteiger partial charge in [-0.05, 0) is 59.9 Å². The first-order valence-electron chi connectivity index (χ1n) is 12.0. The lowest BCUT2D eigenvalue weighted by molar-refractivity contribution is -0.113. The van der Waals surface area contributed by atoms with Gasteiger partial charge in [-0.3, -0.25) is 9.69 Å². The van der Waals surface area contributed by atoms with E-state index in [9.17, 15) is 13.2 Å². The number of aliphatic imine (C=N–C) groups is 1. The number of hydrogen-bond acceptors (Lipinski definition) is 5. The summed E-state index contributed by atoms with van der Waals surface area (Å²) in [6, 6.07) is 22.8. The molecule has 0 fully saturated rings. The molecule has 3 aromatic carbocycles. The molecule has 0 unspecified atom stereocenters. The van der Waals surface area contributed by atoms with Gasteiger partial charge in [0.2, 0.25) is 10.0 Å². The maximum atomic E-state index is 13.5. The molecule has 3 aromatic rings. The van der Waals surface area contributed by atoms with Crippen molar-refractivity contribution in [3.05, 3.63) is 101 Å². The van der Waals surface area contributed by atoms with Gasteiger partial charge in [-0.1, -0.05) is 79.7 Å². The molecule has 4 rings (SSSR count). The van der Waals surface area contributed by atoms with Crippen LogP contribution >= 0.6 is 11.8 Å². The number of anilines is 1. The molecule has 0 bridgehead atoms. The van der Waals surface area contributed by atoms with Crippen LogP contribution in [0.3, 0.4) is 0 Å². The van der Waals surface area contributed by atoms with E-state index in [0.717, 1.165) is 22.4 Å². The molecule has 6 nitrogen and oxygen atoms in total. The average Bonchev–Trinajstić information content (AvgIpc) is 3.18. The summed E-state index contributed by atoms with van der Waals surface area (Å²) in [5, 5.41) is 0.555. The largest absolute Gasteiger partial charge is 0.283 e. The summed E-state index contributed by atoms with van der Waals surface area (Å²) < 4.78 is 26.3. The molecule has 0 aliphatic carbocycles. The summed E-state index contributed by atoms with van der Waals surface area (Å²) >= 11 is 1.40. The van der Waals surface area contributed by atoms with Crippen LogP contribution in [-0.4, -0.2) is 37.9 Å². The smallest absolute Gasteiger partial charge is 0.266 e. The molecule has 0 radical (unpaired) electrons. The first kappa shape index (κ1) is 26.9. The number of benzene rings is 3. The fourth-order valence-corrected chi connectivity index (χ4v) is 5.73. The van der Waals surface area contributed by atoms with Crippen LogP contribution < -0.4 is 4.90 Å². The van der Waals surface area contributed by atoms with E-state index in [2.05, 4.69) is 26.0 Å². The van der Waals surface area contributed by atoms with Gasteiger partial charge < -0.3 is 0 Å². The monoisotopic (exact) mass is 533 g/mol. The van der Waals surface area contributed by atoms with Crippen LogP contribution in [0.4, 0.5) is 5.69 Å². The van der Waals surface area contributed by atoms with Crippen molar-refractivity contribution in [1.82, 2.24) is 4.31 Å². The minimum atomic E-state index is -3.54. The van der Waals surface area contributed by atoms with Crippen LogP contribution in [0.2, 0.25) is 0 Å². The third kappa shape index (κ3) is 6.04. The number of carbonyl (C=O) groups is 1. The Bertz CT molecular complexity index is 1460. The maximum absolute atomic E-state index is 13.5.